The van der Waals surface area contributed by atoms with Crippen LogP contribution in [-0.4, -0.2) is 54.7 Å². The summed E-state index contributed by atoms with van der Waals surface area (Å²) in [6.07, 6.45) is 3.08. The maximum Gasteiger partial charge on any atom is 0.240 e. The fourth-order valence-electron chi connectivity index (χ4n) is 3.73. The van der Waals surface area contributed by atoms with Crippen molar-refractivity contribution in [3.63, 3.8) is 0 Å². The number of carbonyl (C=O) groups excluding carboxylic acids is 1. The van der Waals surface area contributed by atoms with Crippen molar-refractivity contribution in [2.45, 2.75) is 64.6 Å². The molecule has 3 atom stereocenters. The van der Waals surface area contributed by atoms with Crippen molar-refractivity contribution >= 4 is 5.91 Å². The highest BCUT2D eigenvalue weighted by Crippen LogP contribution is 2.49. The molecular formula is C16H31N3O2. The van der Waals surface area contributed by atoms with Gasteiger partial charge in [0.25, 0.3) is 0 Å². The average molecular weight is 297 g/mol. The van der Waals surface area contributed by atoms with Gasteiger partial charge in [0, 0.05) is 31.0 Å². The fraction of sp³-hybridized carbons (Fsp3) is 0.938. The van der Waals surface area contributed by atoms with E-state index >= 15 is 0 Å². The van der Waals surface area contributed by atoms with Crippen LogP contribution >= 0.6 is 0 Å². The summed E-state index contributed by atoms with van der Waals surface area (Å²) in [6.45, 7) is 11.8. The lowest BCUT2D eigenvalue weighted by Gasteiger charge is -2.57. The van der Waals surface area contributed by atoms with Crippen molar-refractivity contribution in [3.8, 4) is 0 Å². The third kappa shape index (κ3) is 2.83. The molecule has 21 heavy (non-hydrogen) atoms. The van der Waals surface area contributed by atoms with E-state index in [1.807, 2.05) is 20.8 Å². The second kappa shape index (κ2) is 6.23. The Morgan fingerprint density at radius 1 is 1.43 bits per heavy atom. The van der Waals surface area contributed by atoms with E-state index in [-0.39, 0.29) is 17.4 Å². The molecule has 0 aromatic carbocycles. The Hall–Kier alpha value is -0.650. The highest BCUT2D eigenvalue weighted by atomic mass is 16.5. The summed E-state index contributed by atoms with van der Waals surface area (Å²) in [6, 6.07) is 0.466. The first-order valence-corrected chi connectivity index (χ1v) is 8.29. The molecule has 1 amide bonds. The molecule has 0 radical (unpaired) electrons. The first-order chi connectivity index (χ1) is 9.86. The quantitative estimate of drug-likeness (QED) is 0.771. The summed E-state index contributed by atoms with van der Waals surface area (Å²) in [5, 5.41) is 3.09. The maximum absolute atomic E-state index is 12.6. The van der Waals surface area contributed by atoms with E-state index in [1.165, 1.54) is 6.42 Å². The summed E-state index contributed by atoms with van der Waals surface area (Å²) in [7, 11) is 0. The van der Waals surface area contributed by atoms with Gasteiger partial charge in [0.1, 0.15) is 5.54 Å². The summed E-state index contributed by atoms with van der Waals surface area (Å²) in [5.41, 5.74) is 5.28. The van der Waals surface area contributed by atoms with Crippen LogP contribution in [0.2, 0.25) is 0 Å². The number of ether oxygens (including phenoxy) is 1. The molecule has 0 spiro atoms. The molecule has 2 fully saturated rings. The number of nitrogens with zero attached hydrogens (tertiary/aromatic N) is 1. The van der Waals surface area contributed by atoms with Crippen molar-refractivity contribution in [1.29, 1.82) is 0 Å². The number of likely N-dealkylation sites (tertiary alicyclic amines) is 1. The Morgan fingerprint density at radius 2 is 2.14 bits per heavy atom. The minimum absolute atomic E-state index is 0.0218. The molecule has 3 N–H and O–H groups in total. The highest BCUT2D eigenvalue weighted by molar-refractivity contribution is 5.88. The summed E-state index contributed by atoms with van der Waals surface area (Å²) < 4.78 is 5.68. The van der Waals surface area contributed by atoms with E-state index in [0.717, 1.165) is 19.5 Å². The summed E-state index contributed by atoms with van der Waals surface area (Å²) >= 11 is 0. The number of nitrogens with two attached hydrogens (primary N) is 1. The number of amides is 1. The molecule has 5 nitrogen and oxygen atoms in total. The monoisotopic (exact) mass is 297 g/mol. The molecule has 2 aliphatic rings. The molecule has 1 saturated carbocycles. The van der Waals surface area contributed by atoms with Gasteiger partial charge in [-0.2, -0.15) is 0 Å². The third-order valence-corrected chi connectivity index (χ3v) is 5.64. The predicted molar refractivity (Wildman–Crippen MR) is 84.0 cm³/mol. The molecule has 1 aliphatic carbocycles. The van der Waals surface area contributed by atoms with E-state index in [9.17, 15) is 4.79 Å². The molecule has 122 valence electrons. The van der Waals surface area contributed by atoms with Crippen LogP contribution in [0.1, 0.15) is 47.0 Å². The molecule has 1 heterocycles. The zero-order valence-electron chi connectivity index (χ0n) is 13.9. The lowest BCUT2D eigenvalue weighted by atomic mass is 9.54. The predicted octanol–water partition coefficient (Wildman–Crippen LogP) is 1.12. The largest absolute Gasteiger partial charge is 0.378 e. The van der Waals surface area contributed by atoms with Gasteiger partial charge in [-0.15, -0.1) is 0 Å². The molecule has 0 aromatic rings. The van der Waals surface area contributed by atoms with Crippen LogP contribution < -0.4 is 11.1 Å². The molecule has 5 heteroatoms. The van der Waals surface area contributed by atoms with E-state index in [1.54, 1.807) is 0 Å². The van der Waals surface area contributed by atoms with Gasteiger partial charge in [0.05, 0.1) is 6.10 Å². The van der Waals surface area contributed by atoms with Crippen LogP contribution in [0.4, 0.5) is 0 Å². The second-order valence-electron chi connectivity index (χ2n) is 6.98. The van der Waals surface area contributed by atoms with Crippen molar-refractivity contribution in [1.82, 2.24) is 10.2 Å². The number of likely N-dealkylation sites (N-methyl/N-ethyl adjacent to an activating group) is 1. The number of hydrogen-bond donors (Lipinski definition) is 2. The van der Waals surface area contributed by atoms with Gasteiger partial charge in [-0.05, 0) is 32.9 Å². The van der Waals surface area contributed by atoms with Crippen molar-refractivity contribution in [2.75, 3.05) is 26.2 Å². The minimum atomic E-state index is -0.803. The van der Waals surface area contributed by atoms with Gasteiger partial charge in [-0.1, -0.05) is 20.8 Å². The van der Waals surface area contributed by atoms with Crippen LogP contribution in [0.5, 0.6) is 0 Å². The molecule has 2 rings (SSSR count). The van der Waals surface area contributed by atoms with Crippen LogP contribution in [-0.2, 0) is 9.53 Å². The van der Waals surface area contributed by atoms with Gasteiger partial charge >= 0.3 is 0 Å². The summed E-state index contributed by atoms with van der Waals surface area (Å²) in [4.78, 5) is 15.0. The van der Waals surface area contributed by atoms with Gasteiger partial charge in [0.15, 0.2) is 0 Å². The lowest BCUT2D eigenvalue weighted by Crippen LogP contribution is -2.76. The van der Waals surface area contributed by atoms with Crippen molar-refractivity contribution in [3.05, 3.63) is 0 Å². The Bertz CT molecular complexity index is 386. The van der Waals surface area contributed by atoms with Crippen LogP contribution in [0.25, 0.3) is 0 Å². The van der Waals surface area contributed by atoms with Crippen LogP contribution in [0, 0.1) is 5.41 Å². The van der Waals surface area contributed by atoms with E-state index in [0.29, 0.717) is 25.6 Å². The number of nitrogens with one attached hydrogen (secondary N) is 1. The minimum Gasteiger partial charge on any atom is -0.378 e. The number of hydrogen-bond acceptors (Lipinski definition) is 4. The molecule has 1 aliphatic heterocycles. The van der Waals surface area contributed by atoms with Crippen LogP contribution in [0.15, 0.2) is 0 Å². The van der Waals surface area contributed by atoms with Crippen LogP contribution in [0.3, 0.4) is 0 Å². The standard InChI is InChI=1S/C16H31N3O2/c1-5-19-9-7-8-12(19)11-18-14(20)16(17)10-13(21-6-2)15(16,3)4/h12-13H,5-11,17H2,1-4H3,(H,18,20). The Balaban J connectivity index is 1.89. The lowest BCUT2D eigenvalue weighted by molar-refractivity contribution is -0.170. The van der Waals surface area contributed by atoms with E-state index in [4.69, 9.17) is 10.5 Å². The molecule has 0 bridgehead atoms. The molecule has 0 aromatic heterocycles. The zero-order valence-corrected chi connectivity index (χ0v) is 13.9. The Morgan fingerprint density at radius 3 is 2.71 bits per heavy atom. The third-order valence-electron chi connectivity index (χ3n) is 5.64. The van der Waals surface area contributed by atoms with Gasteiger partial charge in [-0.3, -0.25) is 9.69 Å². The first kappa shape index (κ1) is 16.7. The highest BCUT2D eigenvalue weighted by Gasteiger charge is 2.62. The Labute approximate surface area is 128 Å². The average Bonchev–Trinajstić information content (AvgIpc) is 2.91. The second-order valence-corrected chi connectivity index (χ2v) is 6.98. The normalized spacial score (nSPS) is 35.5. The number of rotatable bonds is 6. The SMILES string of the molecule is CCOC1CC(N)(C(=O)NCC2CCCN2CC)C1(C)C. The van der Waals surface area contributed by atoms with Crippen molar-refractivity contribution in [2.24, 2.45) is 11.1 Å². The van der Waals surface area contributed by atoms with E-state index < -0.39 is 5.54 Å². The first-order valence-electron chi connectivity index (χ1n) is 8.29. The number of carbonyl (C=O) groups is 1. The zero-order chi connectivity index (χ0) is 15.7. The topological polar surface area (TPSA) is 67.6 Å². The van der Waals surface area contributed by atoms with Crippen molar-refractivity contribution < 1.29 is 9.53 Å². The maximum atomic E-state index is 12.6. The van der Waals surface area contributed by atoms with Gasteiger partial charge in [-0.25, -0.2) is 0 Å². The van der Waals surface area contributed by atoms with Gasteiger partial charge in [0.2, 0.25) is 5.91 Å². The molecular weight excluding hydrogens is 266 g/mol. The molecule has 1 saturated heterocycles. The summed E-state index contributed by atoms with van der Waals surface area (Å²) in [5.74, 6) is -0.0218. The molecule has 3 unspecified atom stereocenters. The van der Waals surface area contributed by atoms with E-state index in [2.05, 4.69) is 17.1 Å². The Kier molecular flexibility index (Phi) is 4.96. The van der Waals surface area contributed by atoms with Gasteiger partial charge < -0.3 is 15.8 Å². The fourth-order valence-corrected chi connectivity index (χ4v) is 3.73. The smallest absolute Gasteiger partial charge is 0.240 e.